The van der Waals surface area contributed by atoms with Gasteiger partial charge in [0.05, 0.1) is 24.5 Å². The van der Waals surface area contributed by atoms with Crippen LogP contribution >= 0.6 is 23.1 Å². The van der Waals surface area contributed by atoms with Crippen molar-refractivity contribution in [2.75, 3.05) is 12.9 Å². The number of thiophene rings is 1. The van der Waals surface area contributed by atoms with E-state index in [0.717, 1.165) is 27.8 Å². The highest BCUT2D eigenvalue weighted by molar-refractivity contribution is 7.99. The van der Waals surface area contributed by atoms with Gasteiger partial charge >= 0.3 is 0 Å². The van der Waals surface area contributed by atoms with Crippen molar-refractivity contribution in [1.29, 1.82) is 0 Å². The monoisotopic (exact) mass is 480 g/mol. The lowest BCUT2D eigenvalue weighted by Gasteiger charge is -2.04. The number of aromatic amines is 1. The number of methoxy groups -OCH3 is 1. The van der Waals surface area contributed by atoms with Gasteiger partial charge < -0.3 is 14.8 Å². The van der Waals surface area contributed by atoms with Crippen molar-refractivity contribution in [1.82, 2.24) is 15.4 Å². The maximum Gasteiger partial charge on any atom is 0.260 e. The van der Waals surface area contributed by atoms with Gasteiger partial charge in [-0.1, -0.05) is 42.1 Å². The lowest BCUT2D eigenvalue weighted by Crippen LogP contribution is -2.20. The summed E-state index contributed by atoms with van der Waals surface area (Å²) in [5.74, 6) is 0.00793. The Balaban J connectivity index is 1.43. The van der Waals surface area contributed by atoms with Gasteiger partial charge in [0.2, 0.25) is 0 Å². The molecule has 2 aromatic carbocycles. The first kappa shape index (κ1) is 22.6. The van der Waals surface area contributed by atoms with Crippen molar-refractivity contribution in [3.63, 3.8) is 0 Å². The van der Waals surface area contributed by atoms with Crippen LogP contribution in [0.25, 0.3) is 21.3 Å². The number of H-pyrrole nitrogens is 1. The Morgan fingerprint density at radius 1 is 1.30 bits per heavy atom. The van der Waals surface area contributed by atoms with Gasteiger partial charge in [0, 0.05) is 10.4 Å². The molecule has 0 aliphatic carbocycles. The lowest BCUT2D eigenvalue weighted by molar-refractivity contribution is -0.118. The number of hydrogen-bond donors (Lipinski definition) is 3. The molecule has 0 saturated carbocycles. The van der Waals surface area contributed by atoms with E-state index in [2.05, 4.69) is 20.5 Å². The fourth-order valence-corrected chi connectivity index (χ4v) is 5.00. The zero-order valence-corrected chi connectivity index (χ0v) is 19.4. The number of aryl methyl sites for hydroxylation is 1. The quantitative estimate of drug-likeness (QED) is 0.160. The average molecular weight is 481 g/mol. The minimum absolute atomic E-state index is 0.0189. The number of aromatic hydroxyl groups is 1. The molecule has 0 radical (unpaired) electrons. The first-order valence-electron chi connectivity index (χ1n) is 9.87. The van der Waals surface area contributed by atoms with Crippen molar-refractivity contribution in [3.05, 3.63) is 69.3 Å². The van der Waals surface area contributed by atoms with Gasteiger partial charge in [-0.3, -0.25) is 9.59 Å². The molecular weight excluding hydrogens is 460 g/mol. The first-order valence-corrected chi connectivity index (χ1v) is 11.7. The van der Waals surface area contributed by atoms with Gasteiger partial charge in [0.15, 0.2) is 16.7 Å². The van der Waals surface area contributed by atoms with E-state index < -0.39 is 0 Å². The van der Waals surface area contributed by atoms with Crippen molar-refractivity contribution in [2.45, 2.75) is 12.1 Å². The third kappa shape index (κ3) is 5.07. The minimum atomic E-state index is -0.350. The van der Waals surface area contributed by atoms with Gasteiger partial charge in [0.25, 0.3) is 11.5 Å². The Morgan fingerprint density at radius 2 is 2.09 bits per heavy atom. The molecule has 0 atom stereocenters. The number of carbonyl (C=O) groups excluding carboxylic acids is 1. The normalized spacial score (nSPS) is 11.2. The number of phenols is 1. The standard InChI is InChI=1S/C23H20N4O4S2/c1-13-19(15-6-4-3-5-7-15)20-21(30)25-23(26-22(20)33-13)32-12-18(29)27-24-11-14-8-9-16(28)17(10-14)31-2/h3-11,28H,12H2,1-2H3,(H,27,29)(H,25,26,30)/b24-11+. The summed E-state index contributed by atoms with van der Waals surface area (Å²) < 4.78 is 5.04. The lowest BCUT2D eigenvalue weighted by atomic mass is 10.0. The zero-order chi connectivity index (χ0) is 23.4. The van der Waals surface area contributed by atoms with E-state index in [-0.39, 0.29) is 23.0 Å². The number of benzene rings is 2. The Morgan fingerprint density at radius 3 is 2.85 bits per heavy atom. The van der Waals surface area contributed by atoms with Crippen LogP contribution in [0.15, 0.2) is 63.6 Å². The molecule has 0 saturated heterocycles. The minimum Gasteiger partial charge on any atom is -0.504 e. The highest BCUT2D eigenvalue weighted by Gasteiger charge is 2.17. The van der Waals surface area contributed by atoms with Crippen LogP contribution in [0.3, 0.4) is 0 Å². The molecule has 0 fully saturated rings. The maximum absolute atomic E-state index is 12.8. The molecule has 0 bridgehead atoms. The van der Waals surface area contributed by atoms with Crippen LogP contribution in [-0.4, -0.2) is 40.1 Å². The molecule has 0 unspecified atom stereocenters. The summed E-state index contributed by atoms with van der Waals surface area (Å²) in [5.41, 5.74) is 4.71. The largest absolute Gasteiger partial charge is 0.504 e. The average Bonchev–Trinajstić information content (AvgIpc) is 3.15. The number of hydrazone groups is 1. The summed E-state index contributed by atoms with van der Waals surface area (Å²) in [4.78, 5) is 33.9. The molecule has 4 aromatic rings. The van der Waals surface area contributed by atoms with Gasteiger partial charge in [-0.05, 0) is 36.2 Å². The fraction of sp³-hybridized carbons (Fsp3) is 0.130. The second kappa shape index (κ2) is 9.88. The number of rotatable bonds is 7. The number of hydrogen-bond acceptors (Lipinski definition) is 8. The molecule has 10 heteroatoms. The molecule has 4 rings (SSSR count). The molecule has 2 aromatic heterocycles. The number of nitrogens with one attached hydrogen (secondary N) is 2. The van der Waals surface area contributed by atoms with Crippen molar-refractivity contribution in [2.24, 2.45) is 5.10 Å². The molecule has 8 nitrogen and oxygen atoms in total. The summed E-state index contributed by atoms with van der Waals surface area (Å²) in [6, 6.07) is 14.4. The number of nitrogens with zero attached hydrogens (tertiary/aromatic N) is 2. The zero-order valence-electron chi connectivity index (χ0n) is 17.8. The summed E-state index contributed by atoms with van der Waals surface area (Å²) in [5, 5.41) is 14.5. The van der Waals surface area contributed by atoms with E-state index in [1.54, 1.807) is 12.1 Å². The van der Waals surface area contributed by atoms with Crippen LogP contribution in [-0.2, 0) is 4.79 Å². The Bertz CT molecular complexity index is 1400. The van der Waals surface area contributed by atoms with Gasteiger partial charge in [-0.2, -0.15) is 5.10 Å². The number of amides is 1. The predicted octanol–water partition coefficient (Wildman–Crippen LogP) is 3.92. The van der Waals surface area contributed by atoms with Crippen LogP contribution in [0.4, 0.5) is 0 Å². The molecular formula is C23H20N4O4S2. The number of thioether (sulfide) groups is 1. The maximum atomic E-state index is 12.8. The number of aromatic nitrogens is 2. The second-order valence-corrected chi connectivity index (χ2v) is 9.13. The Hall–Kier alpha value is -3.63. The Labute approximate surface area is 197 Å². The third-order valence-electron chi connectivity index (χ3n) is 4.73. The van der Waals surface area contributed by atoms with Crippen molar-refractivity contribution < 1.29 is 14.6 Å². The van der Waals surface area contributed by atoms with E-state index in [1.807, 2.05) is 37.3 Å². The fourth-order valence-electron chi connectivity index (χ4n) is 3.24. The van der Waals surface area contributed by atoms with E-state index in [1.165, 1.54) is 30.7 Å². The number of fused-ring (bicyclic) bond motifs is 1. The van der Waals surface area contributed by atoms with Crippen molar-refractivity contribution >= 4 is 45.4 Å². The third-order valence-corrected chi connectivity index (χ3v) is 6.60. The number of carbonyl (C=O) groups is 1. The molecule has 2 heterocycles. The molecule has 1 amide bonds. The van der Waals surface area contributed by atoms with E-state index >= 15 is 0 Å². The SMILES string of the molecule is COc1cc(/C=N/NC(=O)CSc2nc3sc(C)c(-c4ccccc4)c3c(=O)[nH]2)ccc1O. The summed E-state index contributed by atoms with van der Waals surface area (Å²) in [7, 11) is 1.45. The van der Waals surface area contributed by atoms with Gasteiger partial charge in [-0.15, -0.1) is 11.3 Å². The predicted molar refractivity (Wildman–Crippen MR) is 132 cm³/mol. The number of phenolic OH excluding ortho intramolecular Hbond substituents is 1. The second-order valence-electron chi connectivity index (χ2n) is 6.96. The topological polar surface area (TPSA) is 117 Å². The van der Waals surface area contributed by atoms with E-state index in [0.29, 0.717) is 26.7 Å². The highest BCUT2D eigenvalue weighted by atomic mass is 32.2. The summed E-state index contributed by atoms with van der Waals surface area (Å²) in [6.45, 7) is 1.97. The van der Waals surface area contributed by atoms with Crippen LogP contribution in [0.1, 0.15) is 10.4 Å². The Kier molecular flexibility index (Phi) is 6.76. The summed E-state index contributed by atoms with van der Waals surface area (Å²) >= 11 is 2.58. The van der Waals surface area contributed by atoms with Gasteiger partial charge in [0.1, 0.15) is 4.83 Å². The molecule has 0 spiro atoms. The number of ether oxygens (including phenoxy) is 1. The molecule has 168 valence electrons. The first-order chi connectivity index (χ1) is 16.0. The van der Waals surface area contributed by atoms with Crippen LogP contribution in [0.5, 0.6) is 11.5 Å². The molecule has 0 aliphatic heterocycles. The smallest absolute Gasteiger partial charge is 0.260 e. The van der Waals surface area contributed by atoms with Crippen LogP contribution in [0, 0.1) is 6.92 Å². The molecule has 33 heavy (non-hydrogen) atoms. The summed E-state index contributed by atoms with van der Waals surface area (Å²) in [6.07, 6.45) is 1.44. The van der Waals surface area contributed by atoms with Crippen LogP contribution in [0.2, 0.25) is 0 Å². The van der Waals surface area contributed by atoms with Gasteiger partial charge in [-0.25, -0.2) is 10.4 Å². The van der Waals surface area contributed by atoms with E-state index in [4.69, 9.17) is 4.74 Å². The van der Waals surface area contributed by atoms with Crippen LogP contribution < -0.4 is 15.7 Å². The van der Waals surface area contributed by atoms with Crippen molar-refractivity contribution in [3.8, 4) is 22.6 Å². The molecule has 3 N–H and O–H groups in total. The molecule has 0 aliphatic rings. The highest BCUT2D eigenvalue weighted by Crippen LogP contribution is 2.35. The van der Waals surface area contributed by atoms with E-state index in [9.17, 15) is 14.7 Å².